The van der Waals surface area contributed by atoms with Crippen LogP contribution < -0.4 is 10.2 Å². The van der Waals surface area contributed by atoms with Crippen LogP contribution in [0, 0.1) is 5.92 Å². The maximum absolute atomic E-state index is 3.58. The van der Waals surface area contributed by atoms with Crippen molar-refractivity contribution in [2.45, 2.75) is 33.1 Å². The van der Waals surface area contributed by atoms with Crippen molar-refractivity contribution < 1.29 is 0 Å². The molecule has 1 aliphatic rings. The molecular formula is C15H24N2. The van der Waals surface area contributed by atoms with E-state index in [2.05, 4.69) is 63.2 Å². The zero-order valence-electron chi connectivity index (χ0n) is 11.7. The van der Waals surface area contributed by atoms with Gasteiger partial charge in [-0.1, -0.05) is 39.8 Å². The number of nitrogens with one attached hydrogen (secondary N) is 1. The molecule has 0 amide bonds. The van der Waals surface area contributed by atoms with Crippen LogP contribution in [0.25, 0.3) is 0 Å². The Labute approximate surface area is 105 Å². The molecule has 1 aromatic rings. The smallest absolute Gasteiger partial charge is 0.0637 e. The fourth-order valence-corrected chi connectivity index (χ4v) is 2.61. The largest absolute Gasteiger partial charge is 0.383 e. The summed E-state index contributed by atoms with van der Waals surface area (Å²) in [5, 5.41) is 3.58. The molecule has 0 saturated carbocycles. The van der Waals surface area contributed by atoms with Crippen molar-refractivity contribution in [1.82, 2.24) is 0 Å². The van der Waals surface area contributed by atoms with Crippen molar-refractivity contribution in [3.63, 3.8) is 0 Å². The van der Waals surface area contributed by atoms with Crippen molar-refractivity contribution in [3.8, 4) is 0 Å². The summed E-state index contributed by atoms with van der Waals surface area (Å²) in [6.45, 7) is 11.3. The summed E-state index contributed by atoms with van der Waals surface area (Å²) in [6, 6.07) is 6.61. The molecule has 0 aliphatic carbocycles. The topological polar surface area (TPSA) is 15.3 Å². The Balaban J connectivity index is 2.53. The van der Waals surface area contributed by atoms with E-state index in [0.29, 0.717) is 5.92 Å². The van der Waals surface area contributed by atoms with Gasteiger partial charge in [-0.3, -0.25) is 0 Å². The van der Waals surface area contributed by atoms with Crippen LogP contribution in [0.5, 0.6) is 0 Å². The Morgan fingerprint density at radius 1 is 1.29 bits per heavy atom. The van der Waals surface area contributed by atoms with Gasteiger partial charge in [0.2, 0.25) is 0 Å². The normalized spacial score (nSPS) is 20.5. The van der Waals surface area contributed by atoms with E-state index < -0.39 is 0 Å². The molecule has 1 N–H and O–H groups in total. The molecule has 2 rings (SSSR count). The summed E-state index contributed by atoms with van der Waals surface area (Å²) in [5.74, 6) is 0.681. The molecule has 2 heteroatoms. The minimum Gasteiger partial charge on any atom is -0.383 e. The highest BCUT2D eigenvalue weighted by Crippen LogP contribution is 2.38. The second-order valence-corrected chi connectivity index (χ2v) is 6.32. The molecule has 1 aromatic carbocycles. The Morgan fingerprint density at radius 2 is 2.00 bits per heavy atom. The number of nitrogens with zero attached hydrogens (tertiary/aromatic N) is 1. The molecule has 0 fully saturated rings. The van der Waals surface area contributed by atoms with Crippen LogP contribution in [0.4, 0.5) is 11.4 Å². The number of hydrogen-bond donors (Lipinski definition) is 1. The predicted molar refractivity (Wildman–Crippen MR) is 76.1 cm³/mol. The molecule has 0 bridgehead atoms. The first-order valence-electron chi connectivity index (χ1n) is 6.48. The van der Waals surface area contributed by atoms with Gasteiger partial charge in [0, 0.05) is 20.1 Å². The van der Waals surface area contributed by atoms with Gasteiger partial charge in [-0.25, -0.2) is 0 Å². The average molecular weight is 232 g/mol. The molecule has 1 atom stereocenters. The van der Waals surface area contributed by atoms with Gasteiger partial charge in [0.25, 0.3) is 0 Å². The monoisotopic (exact) mass is 232 g/mol. The Morgan fingerprint density at radius 3 is 2.65 bits per heavy atom. The van der Waals surface area contributed by atoms with E-state index in [1.165, 1.54) is 16.9 Å². The zero-order chi connectivity index (χ0) is 12.6. The summed E-state index contributed by atoms with van der Waals surface area (Å²) < 4.78 is 0. The summed E-state index contributed by atoms with van der Waals surface area (Å²) >= 11 is 0. The van der Waals surface area contributed by atoms with E-state index in [9.17, 15) is 0 Å². The Hall–Kier alpha value is -1.18. The number of fused-ring (bicyclic) bond motifs is 1. The minimum absolute atomic E-state index is 0.189. The summed E-state index contributed by atoms with van der Waals surface area (Å²) in [7, 11) is 2.21. The van der Waals surface area contributed by atoms with Crippen molar-refractivity contribution >= 4 is 11.4 Å². The lowest BCUT2D eigenvalue weighted by Gasteiger charge is -2.29. The van der Waals surface area contributed by atoms with Gasteiger partial charge >= 0.3 is 0 Å². The van der Waals surface area contributed by atoms with E-state index in [-0.39, 0.29) is 5.41 Å². The number of para-hydroxylation sites is 1. The lowest BCUT2D eigenvalue weighted by Crippen LogP contribution is -2.26. The molecule has 17 heavy (non-hydrogen) atoms. The molecule has 1 heterocycles. The van der Waals surface area contributed by atoms with Crippen LogP contribution in [0.2, 0.25) is 0 Å². The minimum atomic E-state index is 0.189. The van der Waals surface area contributed by atoms with Crippen LogP contribution in [0.15, 0.2) is 18.2 Å². The lowest BCUT2D eigenvalue weighted by atomic mass is 9.85. The molecule has 2 nitrogen and oxygen atoms in total. The van der Waals surface area contributed by atoms with E-state index in [4.69, 9.17) is 0 Å². The van der Waals surface area contributed by atoms with Crippen molar-refractivity contribution in [1.29, 1.82) is 0 Å². The van der Waals surface area contributed by atoms with Gasteiger partial charge in [0.05, 0.1) is 11.4 Å². The van der Waals surface area contributed by atoms with Crippen molar-refractivity contribution in [3.05, 3.63) is 23.8 Å². The molecule has 1 aliphatic heterocycles. The van der Waals surface area contributed by atoms with Crippen molar-refractivity contribution in [2.24, 2.45) is 5.92 Å². The maximum Gasteiger partial charge on any atom is 0.0637 e. The van der Waals surface area contributed by atoms with Gasteiger partial charge in [0.1, 0.15) is 0 Å². The second kappa shape index (κ2) is 4.25. The van der Waals surface area contributed by atoms with E-state index in [1.807, 2.05) is 0 Å². The highest BCUT2D eigenvalue weighted by molar-refractivity contribution is 5.75. The highest BCUT2D eigenvalue weighted by atomic mass is 15.1. The van der Waals surface area contributed by atoms with E-state index >= 15 is 0 Å². The molecular weight excluding hydrogens is 208 g/mol. The standard InChI is InChI=1S/C15H24N2/c1-11-9-16-13-8-6-7-12(15(2,3)4)14(13)17(5)10-11/h6-8,11,16H,9-10H2,1-5H3. The number of rotatable bonds is 0. The third kappa shape index (κ3) is 2.41. The van der Waals surface area contributed by atoms with Gasteiger partial charge in [-0.05, 0) is 23.0 Å². The fraction of sp³-hybridized carbons (Fsp3) is 0.600. The first-order chi connectivity index (χ1) is 7.89. The quantitative estimate of drug-likeness (QED) is 0.736. The van der Waals surface area contributed by atoms with E-state index in [1.54, 1.807) is 0 Å². The van der Waals surface area contributed by atoms with E-state index in [0.717, 1.165) is 13.1 Å². The molecule has 0 aromatic heterocycles. The molecule has 94 valence electrons. The van der Waals surface area contributed by atoms with Gasteiger partial charge in [-0.2, -0.15) is 0 Å². The van der Waals surface area contributed by atoms with Crippen LogP contribution in [0.1, 0.15) is 33.3 Å². The third-order valence-corrected chi connectivity index (χ3v) is 3.45. The second-order valence-electron chi connectivity index (χ2n) is 6.32. The van der Waals surface area contributed by atoms with Gasteiger partial charge in [-0.15, -0.1) is 0 Å². The van der Waals surface area contributed by atoms with Gasteiger partial charge in [0.15, 0.2) is 0 Å². The van der Waals surface area contributed by atoms with Crippen molar-refractivity contribution in [2.75, 3.05) is 30.4 Å². The van der Waals surface area contributed by atoms with Crippen LogP contribution in [-0.2, 0) is 5.41 Å². The number of benzene rings is 1. The molecule has 0 saturated heterocycles. The first-order valence-corrected chi connectivity index (χ1v) is 6.48. The Bertz CT molecular complexity index is 404. The fourth-order valence-electron chi connectivity index (χ4n) is 2.61. The average Bonchev–Trinajstić information content (AvgIpc) is 2.37. The summed E-state index contributed by atoms with van der Waals surface area (Å²) in [6.07, 6.45) is 0. The maximum atomic E-state index is 3.58. The predicted octanol–water partition coefficient (Wildman–Crippen LogP) is 3.48. The lowest BCUT2D eigenvalue weighted by molar-refractivity contribution is 0.582. The third-order valence-electron chi connectivity index (χ3n) is 3.45. The summed E-state index contributed by atoms with van der Waals surface area (Å²) in [5.41, 5.74) is 4.28. The SMILES string of the molecule is CC1CNc2cccc(C(C)(C)C)c2N(C)C1. The molecule has 0 radical (unpaired) electrons. The molecule has 1 unspecified atom stereocenters. The number of anilines is 2. The summed E-state index contributed by atoms with van der Waals surface area (Å²) in [4.78, 5) is 2.40. The number of hydrogen-bond acceptors (Lipinski definition) is 2. The highest BCUT2D eigenvalue weighted by Gasteiger charge is 2.24. The Kier molecular flexibility index (Phi) is 3.07. The molecule has 0 spiro atoms. The van der Waals surface area contributed by atoms with Crippen LogP contribution in [0.3, 0.4) is 0 Å². The zero-order valence-corrected chi connectivity index (χ0v) is 11.7. The first kappa shape index (κ1) is 12.3. The van der Waals surface area contributed by atoms with Crippen LogP contribution >= 0.6 is 0 Å². The van der Waals surface area contributed by atoms with Gasteiger partial charge < -0.3 is 10.2 Å². The van der Waals surface area contributed by atoms with Crippen LogP contribution in [-0.4, -0.2) is 20.1 Å².